The maximum Gasteiger partial charge on any atom is 0.250 e. The van der Waals surface area contributed by atoms with Crippen molar-refractivity contribution in [2.75, 3.05) is 22.6 Å². The minimum absolute atomic E-state index is 0.267. The molecule has 60 heavy (non-hydrogen) atoms. The minimum atomic E-state index is -1.73. The van der Waals surface area contributed by atoms with Gasteiger partial charge in [0.15, 0.2) is 0 Å². The smallest absolute Gasteiger partial charge is 0.250 e. The molecule has 0 amide bonds. The number of hydrogen-bond acceptors (Lipinski definition) is 6. The number of hydrogen-bond donors (Lipinski definition) is 0. The summed E-state index contributed by atoms with van der Waals surface area (Å²) in [5.74, 6) is -0.658. The Kier molecular flexibility index (Phi) is 10.7. The number of benzene rings is 7. The molecule has 3 aliphatic heterocycles. The zero-order valence-corrected chi connectivity index (χ0v) is 33.6. The Morgan fingerprint density at radius 2 is 0.800 bits per heavy atom. The largest absolute Gasteiger partial charge is 0.370 e. The van der Waals surface area contributed by atoms with E-state index >= 15 is 0 Å². The van der Waals surface area contributed by atoms with Gasteiger partial charge in [0.2, 0.25) is 8.45 Å². The van der Waals surface area contributed by atoms with Crippen molar-refractivity contribution in [3.05, 3.63) is 240 Å². The molecule has 3 fully saturated rings. The molecule has 0 radical (unpaired) electrons. The van der Waals surface area contributed by atoms with E-state index in [0.717, 1.165) is 39.2 Å². The van der Waals surface area contributed by atoms with E-state index in [9.17, 15) is 8.78 Å². The van der Waals surface area contributed by atoms with Crippen molar-refractivity contribution in [3.8, 4) is 0 Å². The molecule has 0 saturated carbocycles. The van der Waals surface area contributed by atoms with Gasteiger partial charge in [-0.05, 0) is 76.3 Å². The molecule has 6 nitrogen and oxygen atoms in total. The van der Waals surface area contributed by atoms with Crippen LogP contribution in [0.15, 0.2) is 200 Å². The lowest BCUT2D eigenvalue weighted by atomic mass is 9.79. The highest BCUT2D eigenvalue weighted by atomic mass is 31.2. The van der Waals surface area contributed by atoms with Crippen LogP contribution in [0.2, 0.25) is 0 Å². The summed E-state index contributed by atoms with van der Waals surface area (Å²) in [7, 11) is -1.73. The molecule has 300 valence electrons. The van der Waals surface area contributed by atoms with Crippen molar-refractivity contribution >= 4 is 19.8 Å². The normalized spacial score (nSPS) is 22.9. The molecule has 3 aliphatic rings. The van der Waals surface area contributed by atoms with Gasteiger partial charge in [-0.1, -0.05) is 152 Å². The molecule has 0 unspecified atom stereocenters. The third-order valence-corrected chi connectivity index (χ3v) is 13.9. The molecule has 10 rings (SSSR count). The van der Waals surface area contributed by atoms with Gasteiger partial charge in [-0.25, -0.2) is 8.78 Å². The molecule has 0 bridgehead atoms. The topological polar surface area (TPSA) is 43.4 Å². The molecule has 7 aromatic carbocycles. The minimum Gasteiger partial charge on any atom is -0.370 e. The van der Waals surface area contributed by atoms with Gasteiger partial charge in [0.25, 0.3) is 0 Å². The van der Waals surface area contributed by atoms with Crippen LogP contribution in [-0.2, 0) is 24.3 Å². The molecule has 0 spiro atoms. The molecule has 9 heteroatoms. The zero-order chi connectivity index (χ0) is 40.5. The van der Waals surface area contributed by atoms with Crippen molar-refractivity contribution in [2.24, 2.45) is 0 Å². The number of rotatable bonds is 11. The van der Waals surface area contributed by atoms with Crippen molar-refractivity contribution in [3.63, 3.8) is 0 Å². The number of anilines is 2. The van der Waals surface area contributed by atoms with Crippen LogP contribution >= 0.6 is 8.45 Å². The van der Waals surface area contributed by atoms with Crippen LogP contribution in [-0.4, -0.2) is 37.6 Å². The Hall–Kier alpha value is -5.73. The summed E-state index contributed by atoms with van der Waals surface area (Å²) >= 11 is 0. The van der Waals surface area contributed by atoms with Crippen LogP contribution in [0.3, 0.4) is 0 Å². The van der Waals surface area contributed by atoms with Crippen LogP contribution in [0.4, 0.5) is 20.2 Å². The van der Waals surface area contributed by atoms with E-state index in [1.807, 2.05) is 91.0 Å². The maximum absolute atomic E-state index is 14.6. The molecular weight excluding hydrogens is 774 g/mol. The van der Waals surface area contributed by atoms with Crippen LogP contribution in [0.5, 0.6) is 0 Å². The second-order valence-electron chi connectivity index (χ2n) is 15.3. The predicted molar refractivity (Wildman–Crippen MR) is 231 cm³/mol. The Morgan fingerprint density at radius 3 is 1.20 bits per heavy atom. The fraction of sp³-hybridized carbons (Fsp3) is 0.176. The lowest BCUT2D eigenvalue weighted by Gasteiger charge is -2.38. The van der Waals surface area contributed by atoms with Gasteiger partial charge in [-0.3, -0.25) is 0 Å². The Labute approximate surface area is 350 Å². The van der Waals surface area contributed by atoms with E-state index in [1.54, 1.807) is 24.3 Å². The first-order valence-electron chi connectivity index (χ1n) is 20.3. The summed E-state index contributed by atoms with van der Waals surface area (Å²) in [6.45, 7) is 0.563. The van der Waals surface area contributed by atoms with Crippen LogP contribution in [0, 0.1) is 11.6 Å². The molecule has 0 aromatic heterocycles. The summed E-state index contributed by atoms with van der Waals surface area (Å²) in [5, 5.41) is 0. The molecular formula is C51H43F2N2O4P. The molecule has 0 N–H and O–H groups in total. The molecule has 6 atom stereocenters. The van der Waals surface area contributed by atoms with Crippen molar-refractivity contribution < 1.29 is 27.5 Å². The van der Waals surface area contributed by atoms with Gasteiger partial charge in [0.1, 0.15) is 41.7 Å². The second-order valence-corrected chi connectivity index (χ2v) is 16.9. The quantitative estimate of drug-likeness (QED) is 0.0957. The average Bonchev–Trinajstić information content (AvgIpc) is 4.01. The number of nitrogens with zero attached hydrogens (tertiary/aromatic N) is 2. The molecule has 7 aromatic rings. The number of ether oxygens (including phenoxy) is 3. The van der Waals surface area contributed by atoms with Gasteiger partial charge in [-0.15, -0.1) is 0 Å². The molecule has 3 saturated heterocycles. The Balaban J connectivity index is 1.05. The Bertz CT molecular complexity index is 2280. The first kappa shape index (κ1) is 38.5. The summed E-state index contributed by atoms with van der Waals surface area (Å²) in [6, 6.07) is 64.2. The van der Waals surface area contributed by atoms with Crippen molar-refractivity contribution in [1.82, 2.24) is 0 Å². The summed E-state index contributed by atoms with van der Waals surface area (Å²) < 4.78 is 62.1. The van der Waals surface area contributed by atoms with Gasteiger partial charge in [-0.2, -0.15) is 0 Å². The SMILES string of the molecule is Fc1ccc(N2[C@@H](c3ccccc3)[C@H](c3ccccc3)N(c3ccc(F)cc3)P2O[C@@H]2CO[C@H]3[C@@H]2OC[C@H]3OC(c2ccccc2)(c2ccccc2)c2ccccc2)cc1. The van der Waals surface area contributed by atoms with Crippen LogP contribution in [0.25, 0.3) is 0 Å². The van der Waals surface area contributed by atoms with E-state index in [2.05, 4.69) is 70.0 Å². The Morgan fingerprint density at radius 1 is 0.450 bits per heavy atom. The fourth-order valence-electron chi connectivity index (χ4n) is 9.03. The predicted octanol–water partition coefficient (Wildman–Crippen LogP) is 11.6. The number of fused-ring (bicyclic) bond motifs is 1. The van der Waals surface area contributed by atoms with Gasteiger partial charge in [0, 0.05) is 11.4 Å². The molecule has 3 heterocycles. The van der Waals surface area contributed by atoms with Crippen molar-refractivity contribution in [1.29, 1.82) is 0 Å². The summed E-state index contributed by atoms with van der Waals surface area (Å²) in [6.07, 6.45) is -1.83. The highest BCUT2D eigenvalue weighted by molar-refractivity contribution is 7.56. The fourth-order valence-corrected chi connectivity index (χ4v) is 11.5. The van der Waals surface area contributed by atoms with Gasteiger partial charge < -0.3 is 28.1 Å². The number of halogens is 2. The summed E-state index contributed by atoms with van der Waals surface area (Å²) in [4.78, 5) is 0. The highest BCUT2D eigenvalue weighted by Gasteiger charge is 2.57. The standard InChI is InChI=1S/C51H43F2N2O4P/c52-41-26-30-43(31-27-41)54-47(36-16-6-1-7-17-36)48(37-18-8-2-9-19-37)55(44-32-28-42(53)29-33-44)60(54)59-46-35-57-49-45(34-56-50(46)49)58-51(38-20-10-3-11-21-38,39-22-12-4-13-23-39)40-24-14-5-15-25-40/h1-33,45-50H,34-35H2/t45-,46-,47+,48+,49-,50-/m1/s1. The third-order valence-electron chi connectivity index (χ3n) is 11.7. The first-order chi connectivity index (χ1) is 29.6. The first-order valence-corrected chi connectivity index (χ1v) is 21.5. The monoisotopic (exact) mass is 816 g/mol. The van der Waals surface area contributed by atoms with E-state index in [0.29, 0.717) is 6.61 Å². The van der Waals surface area contributed by atoms with E-state index in [-0.39, 0.29) is 30.3 Å². The van der Waals surface area contributed by atoms with Crippen LogP contribution in [0.1, 0.15) is 39.9 Å². The average molecular weight is 817 g/mol. The van der Waals surface area contributed by atoms with Crippen molar-refractivity contribution in [2.45, 2.75) is 42.1 Å². The van der Waals surface area contributed by atoms with Gasteiger partial charge >= 0.3 is 0 Å². The second kappa shape index (κ2) is 16.7. The van der Waals surface area contributed by atoms with E-state index in [1.165, 1.54) is 24.3 Å². The summed E-state index contributed by atoms with van der Waals surface area (Å²) in [5.41, 5.74) is 5.73. The highest BCUT2D eigenvalue weighted by Crippen LogP contribution is 2.68. The third kappa shape index (κ3) is 7.08. The zero-order valence-electron chi connectivity index (χ0n) is 32.7. The molecule has 0 aliphatic carbocycles. The lowest BCUT2D eigenvalue weighted by Crippen LogP contribution is -2.42. The van der Waals surface area contributed by atoms with E-state index < -0.39 is 38.5 Å². The van der Waals surface area contributed by atoms with E-state index in [4.69, 9.17) is 18.7 Å². The van der Waals surface area contributed by atoms with Gasteiger partial charge in [0.05, 0.1) is 25.3 Å². The lowest BCUT2D eigenvalue weighted by molar-refractivity contribution is -0.0954. The van der Waals surface area contributed by atoms with Crippen LogP contribution < -0.4 is 9.34 Å². The maximum atomic E-state index is 14.6.